The van der Waals surface area contributed by atoms with E-state index in [1.807, 2.05) is 39.0 Å². The molecular formula is C19H21N3O5. The Balaban J connectivity index is 1.99. The van der Waals surface area contributed by atoms with Crippen LogP contribution in [0.5, 0.6) is 11.5 Å². The number of phenolic OH excluding ortho intramolecular Hbond substituents is 1. The maximum Gasteiger partial charge on any atom is 0.278 e. The summed E-state index contributed by atoms with van der Waals surface area (Å²) in [5.74, 6) is -0.0546. The van der Waals surface area contributed by atoms with Gasteiger partial charge in [-0.05, 0) is 29.2 Å². The molecule has 0 radical (unpaired) electrons. The number of benzene rings is 2. The molecule has 0 unspecified atom stereocenters. The van der Waals surface area contributed by atoms with Crippen molar-refractivity contribution in [1.29, 1.82) is 0 Å². The Morgan fingerprint density at radius 1 is 1.30 bits per heavy atom. The highest BCUT2D eigenvalue weighted by Gasteiger charge is 2.19. The number of ether oxygens (including phenoxy) is 1. The van der Waals surface area contributed by atoms with Crippen LogP contribution in [-0.4, -0.2) is 28.8 Å². The molecule has 8 nitrogen and oxygen atoms in total. The van der Waals surface area contributed by atoms with Gasteiger partial charge in [0.1, 0.15) is 11.5 Å². The minimum absolute atomic E-state index is 0.0688. The third kappa shape index (κ3) is 5.53. The van der Waals surface area contributed by atoms with Crippen molar-refractivity contribution in [2.75, 3.05) is 6.61 Å². The Morgan fingerprint density at radius 3 is 2.67 bits per heavy atom. The Labute approximate surface area is 156 Å². The van der Waals surface area contributed by atoms with Crippen LogP contribution in [0.2, 0.25) is 0 Å². The second kappa shape index (κ2) is 8.31. The van der Waals surface area contributed by atoms with Crippen LogP contribution in [0.25, 0.3) is 0 Å². The lowest BCUT2D eigenvalue weighted by molar-refractivity contribution is -0.385. The van der Waals surface area contributed by atoms with Crippen LogP contribution in [0.4, 0.5) is 5.69 Å². The number of phenols is 1. The third-order valence-electron chi connectivity index (χ3n) is 3.65. The summed E-state index contributed by atoms with van der Waals surface area (Å²) in [5, 5.41) is 24.1. The average molecular weight is 371 g/mol. The molecule has 0 heterocycles. The SMILES string of the molecule is CC(C)(C)c1ccccc1OCC(=O)N/N=C\c1cc(O)ccc1[N+](=O)[O-]. The summed E-state index contributed by atoms with van der Waals surface area (Å²) in [6.07, 6.45) is 1.10. The van der Waals surface area contributed by atoms with E-state index >= 15 is 0 Å². The Kier molecular flexibility index (Phi) is 6.12. The second-order valence-electron chi connectivity index (χ2n) is 6.83. The van der Waals surface area contributed by atoms with Crippen molar-refractivity contribution in [1.82, 2.24) is 5.43 Å². The van der Waals surface area contributed by atoms with Crippen LogP contribution in [0.3, 0.4) is 0 Å². The molecule has 0 fully saturated rings. The number of carbonyl (C=O) groups excluding carboxylic acids is 1. The number of rotatable bonds is 6. The largest absolute Gasteiger partial charge is 0.508 e. The van der Waals surface area contributed by atoms with Gasteiger partial charge in [0.25, 0.3) is 11.6 Å². The molecule has 0 aromatic heterocycles. The lowest BCUT2D eigenvalue weighted by Gasteiger charge is -2.22. The molecule has 1 amide bonds. The topological polar surface area (TPSA) is 114 Å². The zero-order valence-corrected chi connectivity index (χ0v) is 15.3. The number of nitrogens with zero attached hydrogens (tertiary/aromatic N) is 2. The summed E-state index contributed by atoms with van der Waals surface area (Å²) in [6, 6.07) is 11.0. The molecule has 0 saturated carbocycles. The molecular weight excluding hydrogens is 350 g/mol. The molecule has 2 aromatic rings. The van der Waals surface area contributed by atoms with Gasteiger partial charge in [0.15, 0.2) is 6.61 Å². The highest BCUT2D eigenvalue weighted by atomic mass is 16.6. The van der Waals surface area contributed by atoms with Crippen molar-refractivity contribution in [3.63, 3.8) is 0 Å². The molecule has 2 rings (SSSR count). The number of hydrogen-bond acceptors (Lipinski definition) is 6. The number of hydrazone groups is 1. The Morgan fingerprint density at radius 2 is 2.00 bits per heavy atom. The van der Waals surface area contributed by atoms with E-state index in [4.69, 9.17) is 4.74 Å². The number of amides is 1. The van der Waals surface area contributed by atoms with Crippen molar-refractivity contribution in [3.05, 3.63) is 63.7 Å². The van der Waals surface area contributed by atoms with Gasteiger partial charge in [-0.2, -0.15) is 5.10 Å². The first-order chi connectivity index (χ1) is 12.7. The summed E-state index contributed by atoms with van der Waals surface area (Å²) in [4.78, 5) is 22.3. The lowest BCUT2D eigenvalue weighted by atomic mass is 9.86. The number of nitrogens with one attached hydrogen (secondary N) is 1. The first kappa shape index (κ1) is 19.9. The molecule has 2 N–H and O–H groups in total. The van der Waals surface area contributed by atoms with Gasteiger partial charge in [0.2, 0.25) is 0 Å². The predicted octanol–water partition coefficient (Wildman–Crippen LogP) is 3.13. The van der Waals surface area contributed by atoms with Gasteiger partial charge >= 0.3 is 0 Å². The quantitative estimate of drug-likeness (QED) is 0.460. The van der Waals surface area contributed by atoms with Crippen LogP contribution in [0, 0.1) is 10.1 Å². The Bertz CT molecular complexity index is 872. The van der Waals surface area contributed by atoms with Gasteiger partial charge in [-0.3, -0.25) is 14.9 Å². The fraction of sp³-hybridized carbons (Fsp3) is 0.263. The van der Waals surface area contributed by atoms with E-state index in [0.717, 1.165) is 17.8 Å². The van der Waals surface area contributed by atoms with Gasteiger partial charge in [-0.25, -0.2) is 5.43 Å². The van der Waals surface area contributed by atoms with Crippen LogP contribution in [0.1, 0.15) is 31.9 Å². The highest BCUT2D eigenvalue weighted by Crippen LogP contribution is 2.30. The molecule has 142 valence electrons. The van der Waals surface area contributed by atoms with E-state index < -0.39 is 10.8 Å². The maximum atomic E-state index is 11.9. The molecule has 0 bridgehead atoms. The van der Waals surface area contributed by atoms with Gasteiger partial charge < -0.3 is 9.84 Å². The molecule has 0 aliphatic rings. The summed E-state index contributed by atoms with van der Waals surface area (Å²) < 4.78 is 5.58. The summed E-state index contributed by atoms with van der Waals surface area (Å²) >= 11 is 0. The van der Waals surface area contributed by atoms with Crippen molar-refractivity contribution in [3.8, 4) is 11.5 Å². The predicted molar refractivity (Wildman–Crippen MR) is 101 cm³/mol. The number of hydrogen-bond donors (Lipinski definition) is 2. The van der Waals surface area contributed by atoms with Crippen LogP contribution >= 0.6 is 0 Å². The summed E-state index contributed by atoms with van der Waals surface area (Å²) in [5.41, 5.74) is 2.91. The standard InChI is InChI=1S/C19H21N3O5/c1-19(2,3)15-6-4-5-7-17(15)27-12-18(24)21-20-11-13-10-14(23)8-9-16(13)22(25)26/h4-11,23H,12H2,1-3H3,(H,21,24)/b20-11-. The maximum absolute atomic E-state index is 11.9. The second-order valence-corrected chi connectivity index (χ2v) is 6.83. The van der Waals surface area contributed by atoms with Crippen molar-refractivity contribution < 1.29 is 19.6 Å². The van der Waals surface area contributed by atoms with E-state index in [1.54, 1.807) is 6.07 Å². The lowest BCUT2D eigenvalue weighted by Crippen LogP contribution is -2.25. The Hall–Kier alpha value is -3.42. The van der Waals surface area contributed by atoms with Gasteiger partial charge in [0.05, 0.1) is 16.7 Å². The fourth-order valence-corrected chi connectivity index (χ4v) is 2.37. The first-order valence-electron chi connectivity index (χ1n) is 8.20. The van der Waals surface area contributed by atoms with E-state index in [2.05, 4.69) is 10.5 Å². The zero-order valence-electron chi connectivity index (χ0n) is 15.3. The van der Waals surface area contributed by atoms with Crippen LogP contribution in [-0.2, 0) is 10.2 Å². The fourth-order valence-electron chi connectivity index (χ4n) is 2.37. The third-order valence-corrected chi connectivity index (χ3v) is 3.65. The molecule has 27 heavy (non-hydrogen) atoms. The molecule has 0 saturated heterocycles. The van der Waals surface area contributed by atoms with Crippen molar-refractivity contribution in [2.45, 2.75) is 26.2 Å². The summed E-state index contributed by atoms with van der Waals surface area (Å²) in [7, 11) is 0. The number of nitro benzene ring substituents is 1. The molecule has 8 heteroatoms. The average Bonchev–Trinajstić information content (AvgIpc) is 2.59. The smallest absolute Gasteiger partial charge is 0.278 e. The molecule has 2 aromatic carbocycles. The minimum atomic E-state index is -0.602. The normalized spacial score (nSPS) is 11.4. The molecule has 0 spiro atoms. The van der Waals surface area contributed by atoms with Crippen molar-refractivity contribution >= 4 is 17.8 Å². The van der Waals surface area contributed by atoms with Crippen molar-refractivity contribution in [2.24, 2.45) is 5.10 Å². The van der Waals surface area contributed by atoms with E-state index in [-0.39, 0.29) is 29.0 Å². The van der Waals surface area contributed by atoms with Crippen LogP contribution < -0.4 is 10.2 Å². The molecule has 0 atom stereocenters. The van der Waals surface area contributed by atoms with E-state index in [1.165, 1.54) is 12.1 Å². The minimum Gasteiger partial charge on any atom is -0.508 e. The van der Waals surface area contributed by atoms with Gasteiger partial charge in [-0.1, -0.05) is 39.0 Å². The van der Waals surface area contributed by atoms with E-state index in [9.17, 15) is 20.0 Å². The number of aromatic hydroxyl groups is 1. The first-order valence-corrected chi connectivity index (χ1v) is 8.20. The monoisotopic (exact) mass is 371 g/mol. The number of carbonyl (C=O) groups is 1. The van der Waals surface area contributed by atoms with Gasteiger partial charge in [0, 0.05) is 6.07 Å². The summed E-state index contributed by atoms with van der Waals surface area (Å²) in [6.45, 7) is 5.87. The number of para-hydroxylation sites is 1. The number of nitro groups is 1. The molecule has 0 aliphatic heterocycles. The van der Waals surface area contributed by atoms with Crippen LogP contribution in [0.15, 0.2) is 47.6 Å². The highest BCUT2D eigenvalue weighted by molar-refractivity contribution is 5.87. The zero-order chi connectivity index (χ0) is 20.0. The molecule has 0 aliphatic carbocycles. The van der Waals surface area contributed by atoms with E-state index in [0.29, 0.717) is 5.75 Å². The van der Waals surface area contributed by atoms with Gasteiger partial charge in [-0.15, -0.1) is 0 Å².